The van der Waals surface area contributed by atoms with Gasteiger partial charge in [0.05, 0.1) is 17.8 Å². The van der Waals surface area contributed by atoms with Crippen molar-refractivity contribution in [2.24, 2.45) is 40.4 Å². The van der Waals surface area contributed by atoms with Gasteiger partial charge in [-0.25, -0.2) is 4.39 Å². The molecule has 0 spiro atoms. The van der Waals surface area contributed by atoms with Crippen molar-refractivity contribution in [1.82, 2.24) is 0 Å². The average Bonchev–Trinajstić information content (AvgIpc) is 3.03. The Labute approximate surface area is 188 Å². The lowest BCUT2D eigenvalue weighted by molar-refractivity contribution is -0.108. The second-order valence-corrected chi connectivity index (χ2v) is 12.6. The monoisotopic (exact) mass is 436 g/mol. The third kappa shape index (κ3) is 3.83. The minimum absolute atomic E-state index is 0.179. The SMILES string of the molecule is C[C@H](CCC(F)C(C)(C)O)[C@H]1CC[C@H]2[C@@H]3CC=C4C[C@@H](O)C[C@H](O)[C@]4(C)[C@H]3CC[C@]12C. The smallest absolute Gasteiger partial charge is 0.128 e. The fourth-order valence-corrected chi connectivity index (χ4v) is 8.64. The quantitative estimate of drug-likeness (QED) is 0.504. The van der Waals surface area contributed by atoms with Crippen LogP contribution < -0.4 is 0 Å². The predicted octanol–water partition coefficient (Wildman–Crippen LogP) is 5.42. The molecule has 0 heterocycles. The van der Waals surface area contributed by atoms with E-state index in [9.17, 15) is 19.7 Å². The number of fused-ring (bicyclic) bond motifs is 5. The van der Waals surface area contributed by atoms with E-state index in [1.807, 2.05) is 0 Å². The number of rotatable bonds is 5. The fraction of sp³-hybridized carbons (Fsp3) is 0.926. The molecule has 0 aromatic rings. The van der Waals surface area contributed by atoms with Gasteiger partial charge in [-0.2, -0.15) is 0 Å². The minimum atomic E-state index is -1.25. The topological polar surface area (TPSA) is 60.7 Å². The molecule has 0 saturated heterocycles. The van der Waals surface area contributed by atoms with Gasteiger partial charge in [-0.3, -0.25) is 0 Å². The van der Waals surface area contributed by atoms with Crippen molar-refractivity contribution in [3.63, 3.8) is 0 Å². The number of hydrogen-bond acceptors (Lipinski definition) is 3. The van der Waals surface area contributed by atoms with Crippen LogP contribution in [0, 0.1) is 40.4 Å². The van der Waals surface area contributed by atoms with E-state index in [1.54, 1.807) is 13.8 Å². The summed E-state index contributed by atoms with van der Waals surface area (Å²) in [5.41, 5.74) is 0.159. The van der Waals surface area contributed by atoms with Crippen LogP contribution in [0.25, 0.3) is 0 Å². The largest absolute Gasteiger partial charge is 0.393 e. The summed E-state index contributed by atoms with van der Waals surface area (Å²) in [4.78, 5) is 0. The summed E-state index contributed by atoms with van der Waals surface area (Å²) in [5.74, 6) is 2.87. The van der Waals surface area contributed by atoms with Gasteiger partial charge in [0, 0.05) is 11.8 Å². The lowest BCUT2D eigenvalue weighted by atomic mass is 9.46. The summed E-state index contributed by atoms with van der Waals surface area (Å²) in [5, 5.41) is 31.2. The predicted molar refractivity (Wildman–Crippen MR) is 122 cm³/mol. The molecule has 0 aromatic heterocycles. The summed E-state index contributed by atoms with van der Waals surface area (Å²) in [6.07, 6.45) is 8.75. The molecule has 4 heteroatoms. The Balaban J connectivity index is 1.50. The van der Waals surface area contributed by atoms with Crippen LogP contribution in [-0.4, -0.2) is 39.3 Å². The van der Waals surface area contributed by atoms with E-state index in [4.69, 9.17) is 0 Å². The van der Waals surface area contributed by atoms with Crippen LogP contribution in [-0.2, 0) is 0 Å². The van der Waals surface area contributed by atoms with Crippen molar-refractivity contribution >= 4 is 0 Å². The Hall–Kier alpha value is -0.450. The first-order valence-corrected chi connectivity index (χ1v) is 12.8. The second-order valence-electron chi connectivity index (χ2n) is 12.6. The molecule has 1 unspecified atom stereocenters. The molecule has 3 fully saturated rings. The number of halogens is 1. The lowest BCUT2D eigenvalue weighted by Gasteiger charge is -2.59. The lowest BCUT2D eigenvalue weighted by Crippen LogP contribution is -2.55. The molecule has 3 N–H and O–H groups in total. The van der Waals surface area contributed by atoms with Crippen molar-refractivity contribution < 1.29 is 19.7 Å². The zero-order valence-corrected chi connectivity index (χ0v) is 20.3. The summed E-state index contributed by atoms with van der Waals surface area (Å²) < 4.78 is 14.4. The Morgan fingerprint density at radius 1 is 1.13 bits per heavy atom. The Kier molecular flexibility index (Phi) is 6.19. The maximum absolute atomic E-state index is 14.4. The van der Waals surface area contributed by atoms with Gasteiger partial charge in [0.1, 0.15) is 6.17 Å². The van der Waals surface area contributed by atoms with E-state index in [2.05, 4.69) is 26.8 Å². The highest BCUT2D eigenvalue weighted by Crippen LogP contribution is 2.67. The van der Waals surface area contributed by atoms with E-state index in [-0.39, 0.29) is 5.41 Å². The first-order valence-electron chi connectivity index (χ1n) is 12.8. The molecule has 178 valence electrons. The number of alkyl halides is 1. The molecule has 4 aliphatic carbocycles. The number of aliphatic hydroxyl groups is 3. The van der Waals surface area contributed by atoms with Crippen LogP contribution in [0.4, 0.5) is 4.39 Å². The minimum Gasteiger partial charge on any atom is -0.393 e. The molecule has 4 aliphatic rings. The molecular formula is C27H45FO3. The molecule has 31 heavy (non-hydrogen) atoms. The van der Waals surface area contributed by atoms with Crippen molar-refractivity contribution in [2.45, 2.75) is 116 Å². The van der Waals surface area contributed by atoms with Gasteiger partial charge in [-0.1, -0.05) is 32.4 Å². The summed E-state index contributed by atoms with van der Waals surface area (Å²) in [7, 11) is 0. The fourth-order valence-electron chi connectivity index (χ4n) is 8.64. The van der Waals surface area contributed by atoms with Gasteiger partial charge in [0.15, 0.2) is 0 Å². The van der Waals surface area contributed by atoms with E-state index >= 15 is 0 Å². The zero-order chi connectivity index (χ0) is 22.8. The van der Waals surface area contributed by atoms with Crippen molar-refractivity contribution in [1.29, 1.82) is 0 Å². The third-order valence-electron chi connectivity index (χ3n) is 10.6. The molecule has 0 amide bonds. The standard InChI is InChI=1S/C27H45FO3/c1-16(6-11-23(28)25(2,3)31)20-9-10-21-19-8-7-17-14-18(29)15-24(30)27(17,5)22(19)12-13-26(20,21)4/h7,16,18-24,29-31H,6,8-15H2,1-5H3/t16-,18-,19+,20-,21+,22+,23?,24+,26-,27+/m1/s1. The maximum atomic E-state index is 14.4. The normalized spacial score (nSPS) is 47.1. The van der Waals surface area contributed by atoms with Crippen LogP contribution in [0.5, 0.6) is 0 Å². The van der Waals surface area contributed by atoms with Gasteiger partial charge in [0.2, 0.25) is 0 Å². The van der Waals surface area contributed by atoms with E-state index in [1.165, 1.54) is 24.8 Å². The summed E-state index contributed by atoms with van der Waals surface area (Å²) in [6, 6.07) is 0. The molecule has 0 radical (unpaired) electrons. The van der Waals surface area contributed by atoms with Gasteiger partial charge in [-0.05, 0) is 100 Å². The van der Waals surface area contributed by atoms with E-state index in [0.717, 1.165) is 25.7 Å². The molecule has 3 saturated carbocycles. The molecular weight excluding hydrogens is 391 g/mol. The van der Waals surface area contributed by atoms with E-state index < -0.39 is 24.0 Å². The molecule has 3 nitrogen and oxygen atoms in total. The van der Waals surface area contributed by atoms with Crippen LogP contribution in [0.2, 0.25) is 0 Å². The molecule has 0 aliphatic heterocycles. The van der Waals surface area contributed by atoms with Gasteiger partial charge in [-0.15, -0.1) is 0 Å². The second kappa shape index (κ2) is 8.09. The van der Waals surface area contributed by atoms with E-state index in [0.29, 0.717) is 47.8 Å². The Bertz CT molecular complexity index is 699. The van der Waals surface area contributed by atoms with Crippen molar-refractivity contribution in [2.75, 3.05) is 0 Å². The Morgan fingerprint density at radius 2 is 1.84 bits per heavy atom. The Morgan fingerprint density at radius 3 is 2.52 bits per heavy atom. The third-order valence-corrected chi connectivity index (χ3v) is 10.6. The van der Waals surface area contributed by atoms with Crippen LogP contribution in [0.3, 0.4) is 0 Å². The molecule has 0 aromatic carbocycles. The average molecular weight is 437 g/mol. The first kappa shape index (κ1) is 23.7. The highest BCUT2D eigenvalue weighted by molar-refractivity contribution is 5.27. The number of hydrogen-bond donors (Lipinski definition) is 3. The number of aliphatic hydroxyl groups excluding tert-OH is 2. The van der Waals surface area contributed by atoms with Gasteiger partial charge in [0.25, 0.3) is 0 Å². The zero-order valence-electron chi connectivity index (χ0n) is 20.3. The van der Waals surface area contributed by atoms with Gasteiger partial charge < -0.3 is 15.3 Å². The van der Waals surface area contributed by atoms with Crippen LogP contribution >= 0.6 is 0 Å². The van der Waals surface area contributed by atoms with Crippen LogP contribution in [0.15, 0.2) is 11.6 Å². The highest BCUT2D eigenvalue weighted by atomic mass is 19.1. The molecule has 4 rings (SSSR count). The highest BCUT2D eigenvalue weighted by Gasteiger charge is 2.60. The summed E-state index contributed by atoms with van der Waals surface area (Å²) >= 11 is 0. The van der Waals surface area contributed by atoms with Crippen LogP contribution in [0.1, 0.15) is 92.4 Å². The van der Waals surface area contributed by atoms with Gasteiger partial charge >= 0.3 is 0 Å². The number of allylic oxidation sites excluding steroid dienone is 1. The molecule has 10 atom stereocenters. The van der Waals surface area contributed by atoms with Crippen molar-refractivity contribution in [3.8, 4) is 0 Å². The molecule has 0 bridgehead atoms. The maximum Gasteiger partial charge on any atom is 0.128 e. The first-order chi connectivity index (χ1) is 14.4. The summed E-state index contributed by atoms with van der Waals surface area (Å²) in [6.45, 7) is 10.2. The van der Waals surface area contributed by atoms with Crippen molar-refractivity contribution in [3.05, 3.63) is 11.6 Å².